The number of hydrogen-bond donors (Lipinski definition) is 0. The number of rotatable bonds is 3. The summed E-state index contributed by atoms with van der Waals surface area (Å²) < 4.78 is 5.18. The fourth-order valence-corrected chi connectivity index (χ4v) is 2.07. The van der Waals surface area contributed by atoms with E-state index in [1.807, 2.05) is 24.3 Å². The first-order valence-corrected chi connectivity index (χ1v) is 7.05. The molecular weight excluding hydrogens is 268 g/mol. The molecule has 0 unspecified atom stereocenters. The highest BCUT2D eigenvalue weighted by atomic mass is 35.5. The number of aryl methyl sites for hydroxylation is 1. The molecule has 0 aromatic heterocycles. The lowest BCUT2D eigenvalue weighted by molar-refractivity contribution is 0.414. The van der Waals surface area contributed by atoms with Crippen molar-refractivity contribution in [1.82, 2.24) is 0 Å². The quantitative estimate of drug-likeness (QED) is 0.742. The Balaban J connectivity index is 2.21. The molecule has 0 heterocycles. The summed E-state index contributed by atoms with van der Waals surface area (Å²) in [5.41, 5.74) is 3.12. The van der Waals surface area contributed by atoms with E-state index in [1.54, 1.807) is 13.2 Å². The summed E-state index contributed by atoms with van der Waals surface area (Å²) in [6.45, 7) is 2.18. The van der Waals surface area contributed by atoms with Crippen LogP contribution in [0.3, 0.4) is 0 Å². The maximum absolute atomic E-state index is 6.13. The number of halogens is 1. The number of hydrogen-bond acceptors (Lipinski definition) is 1. The van der Waals surface area contributed by atoms with E-state index in [4.69, 9.17) is 16.3 Å². The van der Waals surface area contributed by atoms with Gasteiger partial charge in [-0.25, -0.2) is 0 Å². The molecule has 0 radical (unpaired) electrons. The Morgan fingerprint density at radius 2 is 1.80 bits per heavy atom. The van der Waals surface area contributed by atoms with E-state index in [0.29, 0.717) is 5.02 Å². The number of methoxy groups -OCH3 is 1. The van der Waals surface area contributed by atoms with Gasteiger partial charge in [-0.3, -0.25) is 0 Å². The highest BCUT2D eigenvalue weighted by Gasteiger charge is 1.99. The Bertz CT molecular complexity index is 633. The van der Waals surface area contributed by atoms with Crippen LogP contribution in [0.4, 0.5) is 0 Å². The second-order valence-electron chi connectivity index (χ2n) is 4.54. The van der Waals surface area contributed by atoms with Gasteiger partial charge in [-0.2, -0.15) is 0 Å². The largest absolute Gasteiger partial charge is 0.497 e. The lowest BCUT2D eigenvalue weighted by atomic mass is 10.1. The van der Waals surface area contributed by atoms with E-state index >= 15 is 0 Å². The van der Waals surface area contributed by atoms with E-state index < -0.39 is 0 Å². The Labute approximate surface area is 125 Å². The van der Waals surface area contributed by atoms with Gasteiger partial charge < -0.3 is 4.74 Å². The van der Waals surface area contributed by atoms with Gasteiger partial charge in [0.15, 0.2) is 0 Å². The predicted octanol–water partition coefficient (Wildman–Crippen LogP) is 4.70. The Kier molecular flexibility index (Phi) is 5.09. The summed E-state index contributed by atoms with van der Waals surface area (Å²) in [7, 11) is 1.63. The van der Waals surface area contributed by atoms with Crippen LogP contribution in [-0.4, -0.2) is 7.11 Å². The molecule has 0 saturated carbocycles. The smallest absolute Gasteiger partial charge is 0.120 e. The average molecular weight is 285 g/mol. The molecule has 0 aliphatic rings. The van der Waals surface area contributed by atoms with Crippen molar-refractivity contribution in [2.45, 2.75) is 19.8 Å². The van der Waals surface area contributed by atoms with Crippen molar-refractivity contribution >= 4 is 11.6 Å². The van der Waals surface area contributed by atoms with Crippen LogP contribution in [0.5, 0.6) is 5.75 Å². The third-order valence-electron chi connectivity index (χ3n) is 3.01. The van der Waals surface area contributed by atoms with E-state index in [1.165, 1.54) is 5.56 Å². The predicted molar refractivity (Wildman–Crippen MR) is 84.4 cm³/mol. The molecule has 20 heavy (non-hydrogen) atoms. The van der Waals surface area contributed by atoms with Crippen molar-refractivity contribution in [3.8, 4) is 17.6 Å². The summed E-state index contributed by atoms with van der Waals surface area (Å²) >= 11 is 6.13. The SMILES string of the molecule is CCCc1ccc(C#Cc2cc(OC)ccc2Cl)cc1. The van der Waals surface area contributed by atoms with Gasteiger partial charge in [0.25, 0.3) is 0 Å². The van der Waals surface area contributed by atoms with Crippen LogP contribution in [0.1, 0.15) is 30.0 Å². The lowest BCUT2D eigenvalue weighted by Crippen LogP contribution is -1.85. The zero-order valence-corrected chi connectivity index (χ0v) is 12.5. The number of ether oxygens (including phenoxy) is 1. The minimum absolute atomic E-state index is 0.640. The summed E-state index contributed by atoms with van der Waals surface area (Å²) in [4.78, 5) is 0. The molecule has 0 aliphatic heterocycles. The Hall–Kier alpha value is -1.91. The van der Waals surface area contributed by atoms with Crippen molar-refractivity contribution < 1.29 is 4.74 Å². The van der Waals surface area contributed by atoms with Gasteiger partial charge in [0.05, 0.1) is 12.1 Å². The minimum atomic E-state index is 0.640. The molecule has 2 heteroatoms. The molecule has 2 rings (SSSR count). The first kappa shape index (κ1) is 14.5. The molecule has 0 atom stereocenters. The molecule has 0 fully saturated rings. The molecule has 2 aromatic rings. The molecule has 0 saturated heterocycles. The normalized spacial score (nSPS) is 9.75. The molecule has 2 aromatic carbocycles. The van der Waals surface area contributed by atoms with Crippen LogP contribution in [0, 0.1) is 11.8 Å². The Morgan fingerprint density at radius 3 is 2.45 bits per heavy atom. The monoisotopic (exact) mass is 284 g/mol. The van der Waals surface area contributed by atoms with Crippen LogP contribution < -0.4 is 4.74 Å². The number of benzene rings is 2. The van der Waals surface area contributed by atoms with Crippen molar-refractivity contribution in [2.24, 2.45) is 0 Å². The van der Waals surface area contributed by atoms with E-state index in [9.17, 15) is 0 Å². The summed E-state index contributed by atoms with van der Waals surface area (Å²) in [5, 5.41) is 0.640. The van der Waals surface area contributed by atoms with Gasteiger partial charge in [0, 0.05) is 11.1 Å². The third kappa shape index (κ3) is 3.79. The summed E-state index contributed by atoms with van der Waals surface area (Å²) in [6.07, 6.45) is 2.26. The lowest BCUT2D eigenvalue weighted by Gasteiger charge is -2.01. The molecule has 102 valence electrons. The molecular formula is C18H17ClO. The maximum atomic E-state index is 6.13. The molecule has 0 N–H and O–H groups in total. The van der Waals surface area contributed by atoms with Gasteiger partial charge in [0.1, 0.15) is 5.75 Å². The van der Waals surface area contributed by atoms with Crippen molar-refractivity contribution in [3.05, 3.63) is 64.2 Å². The topological polar surface area (TPSA) is 9.23 Å². The summed E-state index contributed by atoms with van der Waals surface area (Å²) in [6, 6.07) is 13.8. The molecule has 0 bridgehead atoms. The first-order valence-electron chi connectivity index (χ1n) is 6.67. The second-order valence-corrected chi connectivity index (χ2v) is 4.95. The van der Waals surface area contributed by atoms with Crippen molar-refractivity contribution in [1.29, 1.82) is 0 Å². The fourth-order valence-electron chi connectivity index (χ4n) is 1.91. The van der Waals surface area contributed by atoms with Gasteiger partial charge in [-0.05, 0) is 42.3 Å². The van der Waals surface area contributed by atoms with Gasteiger partial charge in [-0.15, -0.1) is 0 Å². The molecule has 0 aliphatic carbocycles. The van der Waals surface area contributed by atoms with Crippen LogP contribution in [-0.2, 0) is 6.42 Å². The fraction of sp³-hybridized carbons (Fsp3) is 0.222. The highest BCUT2D eigenvalue weighted by Crippen LogP contribution is 2.21. The van der Waals surface area contributed by atoms with Gasteiger partial charge in [-0.1, -0.05) is 48.9 Å². The van der Waals surface area contributed by atoms with Crippen LogP contribution >= 0.6 is 11.6 Å². The van der Waals surface area contributed by atoms with E-state index in [0.717, 1.165) is 29.7 Å². The summed E-state index contributed by atoms with van der Waals surface area (Å²) in [5.74, 6) is 6.99. The third-order valence-corrected chi connectivity index (χ3v) is 3.34. The average Bonchev–Trinajstić information content (AvgIpc) is 2.48. The van der Waals surface area contributed by atoms with E-state index in [2.05, 4.69) is 30.9 Å². The van der Waals surface area contributed by atoms with Gasteiger partial charge in [0.2, 0.25) is 0 Å². The zero-order chi connectivity index (χ0) is 14.4. The molecule has 0 amide bonds. The standard InChI is InChI=1S/C18H17ClO/c1-3-4-14-5-7-15(8-6-14)9-10-16-13-17(20-2)11-12-18(16)19/h5-8,11-13H,3-4H2,1-2H3. The zero-order valence-electron chi connectivity index (χ0n) is 11.7. The van der Waals surface area contributed by atoms with Crippen LogP contribution in [0.2, 0.25) is 5.02 Å². The van der Waals surface area contributed by atoms with Crippen LogP contribution in [0.25, 0.3) is 0 Å². The van der Waals surface area contributed by atoms with Crippen molar-refractivity contribution in [2.75, 3.05) is 7.11 Å². The van der Waals surface area contributed by atoms with E-state index in [-0.39, 0.29) is 0 Å². The van der Waals surface area contributed by atoms with Crippen molar-refractivity contribution in [3.63, 3.8) is 0 Å². The second kappa shape index (κ2) is 7.03. The highest BCUT2D eigenvalue weighted by molar-refractivity contribution is 6.31. The first-order chi connectivity index (χ1) is 9.72. The van der Waals surface area contributed by atoms with Crippen LogP contribution in [0.15, 0.2) is 42.5 Å². The molecule has 0 spiro atoms. The molecule has 1 nitrogen and oxygen atoms in total. The minimum Gasteiger partial charge on any atom is -0.497 e. The maximum Gasteiger partial charge on any atom is 0.120 e. The Morgan fingerprint density at radius 1 is 1.05 bits per heavy atom. The van der Waals surface area contributed by atoms with Gasteiger partial charge >= 0.3 is 0 Å².